The lowest BCUT2D eigenvalue weighted by atomic mass is 9.72. The average Bonchev–Trinajstić information content (AvgIpc) is 3.03. The fourth-order valence-corrected chi connectivity index (χ4v) is 5.90. The molecular weight excluding hydrogens is 412 g/mol. The van der Waals surface area contributed by atoms with Crippen molar-refractivity contribution >= 4 is 34.1 Å². The highest BCUT2D eigenvalue weighted by Gasteiger charge is 2.37. The van der Waals surface area contributed by atoms with Crippen molar-refractivity contribution in [3.8, 4) is 0 Å². The van der Waals surface area contributed by atoms with E-state index >= 15 is 0 Å². The Kier molecular flexibility index (Phi) is 6.94. The van der Waals surface area contributed by atoms with Crippen molar-refractivity contribution in [1.82, 2.24) is 5.32 Å². The first-order valence-electron chi connectivity index (χ1n) is 11.1. The third kappa shape index (κ3) is 5.20. The second-order valence-electron chi connectivity index (χ2n) is 10.1. The van der Waals surface area contributed by atoms with Gasteiger partial charge in [0, 0.05) is 10.9 Å². The van der Waals surface area contributed by atoms with Crippen LogP contribution in [0.15, 0.2) is 12.2 Å². The van der Waals surface area contributed by atoms with E-state index in [0.717, 1.165) is 29.7 Å². The fraction of sp³-hybridized carbons (Fsp3) is 0.625. The molecule has 2 amide bonds. The zero-order valence-electron chi connectivity index (χ0n) is 19.1. The van der Waals surface area contributed by atoms with Crippen LogP contribution in [0.5, 0.6) is 0 Å². The maximum Gasteiger partial charge on any atom is 0.307 e. The van der Waals surface area contributed by atoms with Crippen LogP contribution in [0.4, 0.5) is 5.00 Å². The van der Waals surface area contributed by atoms with Crippen LogP contribution in [0.1, 0.15) is 74.7 Å². The van der Waals surface area contributed by atoms with Crippen LogP contribution in [0.3, 0.4) is 0 Å². The molecule has 0 fully saturated rings. The van der Waals surface area contributed by atoms with E-state index < -0.39 is 17.8 Å². The van der Waals surface area contributed by atoms with Crippen LogP contribution in [0.25, 0.3) is 0 Å². The van der Waals surface area contributed by atoms with Crippen LogP contribution < -0.4 is 10.6 Å². The summed E-state index contributed by atoms with van der Waals surface area (Å²) in [6, 6.07) is -0.0163. The minimum absolute atomic E-state index is 0.0163. The highest BCUT2D eigenvalue weighted by atomic mass is 32.1. The molecule has 0 radical (unpaired) electrons. The first-order valence-corrected chi connectivity index (χ1v) is 11.9. The molecule has 3 atom stereocenters. The molecule has 0 aliphatic heterocycles. The predicted octanol–water partition coefficient (Wildman–Crippen LogP) is 4.64. The van der Waals surface area contributed by atoms with Gasteiger partial charge < -0.3 is 15.7 Å². The summed E-state index contributed by atoms with van der Waals surface area (Å²) >= 11 is 1.48. The molecule has 170 valence electrons. The van der Waals surface area contributed by atoms with Crippen molar-refractivity contribution in [2.75, 3.05) is 5.32 Å². The Bertz CT molecular complexity index is 894. The molecule has 1 aromatic heterocycles. The van der Waals surface area contributed by atoms with E-state index in [1.165, 1.54) is 11.3 Å². The van der Waals surface area contributed by atoms with E-state index in [4.69, 9.17) is 0 Å². The number of rotatable bonds is 5. The molecule has 0 bridgehead atoms. The number of hydrogen-bond acceptors (Lipinski definition) is 4. The van der Waals surface area contributed by atoms with E-state index in [9.17, 15) is 19.5 Å². The van der Waals surface area contributed by atoms with Crippen molar-refractivity contribution in [3.05, 3.63) is 28.2 Å². The standard InChI is InChI=1S/C24H34N2O4S/c1-13(2)25-21(28)19-17-11-10-14(24(3,4)5)12-18(17)31-22(19)26-20(27)15-8-6-7-9-16(15)23(29)30/h6-7,13-16H,8-12H2,1-5H3,(H,25,28)(H,26,27)(H,29,30)/t14-,15+,16+/m0/s1. The van der Waals surface area contributed by atoms with E-state index in [1.807, 2.05) is 26.0 Å². The van der Waals surface area contributed by atoms with Crippen LogP contribution in [0, 0.1) is 23.2 Å². The van der Waals surface area contributed by atoms with Crippen LogP contribution in [-0.2, 0) is 22.4 Å². The van der Waals surface area contributed by atoms with Gasteiger partial charge >= 0.3 is 5.97 Å². The number of allylic oxidation sites excluding steroid dienone is 2. The molecule has 0 unspecified atom stereocenters. The number of carbonyl (C=O) groups is 3. The van der Waals surface area contributed by atoms with Gasteiger partial charge in [0.05, 0.1) is 17.4 Å². The highest BCUT2D eigenvalue weighted by Crippen LogP contribution is 2.44. The number of aliphatic carboxylic acids is 1. The van der Waals surface area contributed by atoms with Crippen molar-refractivity contribution < 1.29 is 19.5 Å². The maximum absolute atomic E-state index is 13.1. The van der Waals surface area contributed by atoms with Crippen LogP contribution >= 0.6 is 11.3 Å². The Labute approximate surface area is 188 Å². The summed E-state index contributed by atoms with van der Waals surface area (Å²) in [5.41, 5.74) is 1.78. The summed E-state index contributed by atoms with van der Waals surface area (Å²) in [4.78, 5) is 38.9. The largest absolute Gasteiger partial charge is 0.481 e. The fourth-order valence-electron chi connectivity index (χ4n) is 4.57. The topological polar surface area (TPSA) is 95.5 Å². The normalized spacial score (nSPS) is 23.4. The Morgan fingerprint density at radius 3 is 2.35 bits per heavy atom. The molecule has 6 nitrogen and oxygen atoms in total. The first-order chi connectivity index (χ1) is 14.5. The summed E-state index contributed by atoms with van der Waals surface area (Å²) in [6.07, 6.45) is 7.15. The van der Waals surface area contributed by atoms with Gasteiger partial charge in [0.1, 0.15) is 5.00 Å². The molecule has 0 aromatic carbocycles. The van der Waals surface area contributed by atoms with Gasteiger partial charge in [0.2, 0.25) is 5.91 Å². The molecule has 0 saturated carbocycles. The maximum atomic E-state index is 13.1. The molecule has 2 aliphatic carbocycles. The second kappa shape index (κ2) is 9.15. The van der Waals surface area contributed by atoms with Crippen molar-refractivity contribution in [2.24, 2.45) is 23.2 Å². The first kappa shape index (κ1) is 23.5. The van der Waals surface area contributed by atoms with Gasteiger partial charge in [-0.3, -0.25) is 14.4 Å². The number of carboxylic acids is 1. The van der Waals surface area contributed by atoms with Crippen molar-refractivity contribution in [3.63, 3.8) is 0 Å². The van der Waals surface area contributed by atoms with E-state index in [2.05, 4.69) is 31.4 Å². The smallest absolute Gasteiger partial charge is 0.307 e. The zero-order chi connectivity index (χ0) is 22.9. The molecule has 3 rings (SSSR count). The molecule has 3 N–H and O–H groups in total. The molecule has 1 heterocycles. The predicted molar refractivity (Wildman–Crippen MR) is 124 cm³/mol. The summed E-state index contributed by atoms with van der Waals surface area (Å²) < 4.78 is 0. The SMILES string of the molecule is CC(C)NC(=O)c1c(NC(=O)[C@@H]2CC=CC[C@H]2C(=O)O)sc2c1CC[C@H](C(C)(C)C)C2. The van der Waals surface area contributed by atoms with Crippen LogP contribution in [0.2, 0.25) is 0 Å². The summed E-state index contributed by atoms with van der Waals surface area (Å²) in [5.74, 6) is -2.30. The van der Waals surface area contributed by atoms with Gasteiger partial charge in [-0.2, -0.15) is 0 Å². The van der Waals surface area contributed by atoms with Gasteiger partial charge in [-0.05, 0) is 62.8 Å². The van der Waals surface area contributed by atoms with Crippen molar-refractivity contribution in [1.29, 1.82) is 0 Å². The van der Waals surface area contributed by atoms with Gasteiger partial charge in [-0.1, -0.05) is 32.9 Å². The molecule has 7 heteroatoms. The number of fused-ring (bicyclic) bond motifs is 1. The Balaban J connectivity index is 1.93. The molecule has 1 aromatic rings. The Hall–Kier alpha value is -2.15. The number of amides is 2. The lowest BCUT2D eigenvalue weighted by molar-refractivity contribution is -0.146. The minimum atomic E-state index is -0.958. The van der Waals surface area contributed by atoms with E-state index in [-0.39, 0.29) is 23.3 Å². The number of anilines is 1. The van der Waals surface area contributed by atoms with Gasteiger partial charge in [-0.15, -0.1) is 11.3 Å². The molecular formula is C24H34N2O4S. The Morgan fingerprint density at radius 1 is 1.13 bits per heavy atom. The summed E-state index contributed by atoms with van der Waals surface area (Å²) in [5, 5.41) is 16.0. The van der Waals surface area contributed by atoms with Gasteiger partial charge in [0.15, 0.2) is 0 Å². The third-order valence-corrected chi connectivity index (χ3v) is 7.63. The average molecular weight is 447 g/mol. The zero-order valence-corrected chi connectivity index (χ0v) is 19.9. The van der Waals surface area contributed by atoms with Crippen molar-refractivity contribution in [2.45, 2.75) is 72.8 Å². The highest BCUT2D eigenvalue weighted by molar-refractivity contribution is 7.17. The molecule has 31 heavy (non-hydrogen) atoms. The molecule has 2 aliphatic rings. The number of thiophene rings is 1. The minimum Gasteiger partial charge on any atom is -0.481 e. The number of nitrogens with one attached hydrogen (secondary N) is 2. The second-order valence-corrected chi connectivity index (χ2v) is 11.2. The number of carboxylic acid groups (broad SMARTS) is 1. The monoisotopic (exact) mass is 446 g/mol. The quantitative estimate of drug-likeness (QED) is 0.574. The number of carbonyl (C=O) groups excluding carboxylic acids is 2. The Morgan fingerprint density at radius 2 is 1.77 bits per heavy atom. The van der Waals surface area contributed by atoms with E-state index in [1.54, 1.807) is 0 Å². The van der Waals surface area contributed by atoms with E-state index in [0.29, 0.717) is 29.3 Å². The van der Waals surface area contributed by atoms with Gasteiger partial charge in [0.25, 0.3) is 5.91 Å². The molecule has 0 saturated heterocycles. The van der Waals surface area contributed by atoms with Gasteiger partial charge in [-0.25, -0.2) is 0 Å². The summed E-state index contributed by atoms with van der Waals surface area (Å²) in [7, 11) is 0. The lowest BCUT2D eigenvalue weighted by Gasteiger charge is -2.33. The summed E-state index contributed by atoms with van der Waals surface area (Å²) in [6.45, 7) is 10.6. The third-order valence-electron chi connectivity index (χ3n) is 6.46. The number of hydrogen-bond donors (Lipinski definition) is 3. The molecule has 0 spiro atoms. The van der Waals surface area contributed by atoms with Crippen LogP contribution in [-0.4, -0.2) is 28.9 Å². The lowest BCUT2D eigenvalue weighted by Crippen LogP contribution is -2.35.